The molecule has 1 aliphatic rings. The molecule has 0 atom stereocenters. The van der Waals surface area contributed by atoms with Crippen molar-refractivity contribution in [3.63, 3.8) is 0 Å². The standard InChI is InChI=1S/C19H19N5O2/c25-19(15-5-2-1-3-6-15)23-13-9-16(10-14-23)26-18-8-7-17(21-22-18)24-12-4-11-20-24/h1-8,11-12,16H,9-10,13-14H2. The first kappa shape index (κ1) is 16.3. The van der Waals surface area contributed by atoms with Gasteiger partial charge in [-0.15, -0.1) is 10.2 Å². The second-order valence-electron chi connectivity index (χ2n) is 6.16. The highest BCUT2D eigenvalue weighted by Gasteiger charge is 2.25. The normalized spacial score (nSPS) is 15.0. The Labute approximate surface area is 151 Å². The molecule has 0 saturated carbocycles. The van der Waals surface area contributed by atoms with Gasteiger partial charge in [0.2, 0.25) is 5.88 Å². The van der Waals surface area contributed by atoms with E-state index in [1.54, 1.807) is 16.9 Å². The minimum Gasteiger partial charge on any atom is -0.473 e. The van der Waals surface area contributed by atoms with Gasteiger partial charge in [0.05, 0.1) is 0 Å². The van der Waals surface area contributed by atoms with Crippen LogP contribution in [0.4, 0.5) is 0 Å². The third kappa shape index (κ3) is 3.56. The van der Waals surface area contributed by atoms with Crippen molar-refractivity contribution in [3.05, 3.63) is 66.5 Å². The Bertz CT molecular complexity index is 841. The minimum atomic E-state index is 0.0414. The number of hydrogen-bond acceptors (Lipinski definition) is 5. The summed E-state index contributed by atoms with van der Waals surface area (Å²) in [5.74, 6) is 1.21. The number of benzene rings is 1. The number of nitrogens with zero attached hydrogens (tertiary/aromatic N) is 5. The molecule has 26 heavy (non-hydrogen) atoms. The maximum absolute atomic E-state index is 12.5. The number of ether oxygens (including phenoxy) is 1. The van der Waals surface area contributed by atoms with Gasteiger partial charge in [-0.2, -0.15) is 5.10 Å². The van der Waals surface area contributed by atoms with Gasteiger partial charge in [0, 0.05) is 50.0 Å². The largest absolute Gasteiger partial charge is 0.473 e. The van der Waals surface area contributed by atoms with Crippen molar-refractivity contribution >= 4 is 5.91 Å². The lowest BCUT2D eigenvalue weighted by Gasteiger charge is -2.31. The van der Waals surface area contributed by atoms with Crippen molar-refractivity contribution in [1.82, 2.24) is 24.9 Å². The van der Waals surface area contributed by atoms with E-state index in [9.17, 15) is 4.79 Å². The van der Waals surface area contributed by atoms with Gasteiger partial charge in [-0.1, -0.05) is 18.2 Å². The van der Waals surface area contributed by atoms with Gasteiger partial charge in [-0.25, -0.2) is 4.68 Å². The Morgan fingerprint density at radius 2 is 1.81 bits per heavy atom. The maximum atomic E-state index is 12.5. The molecule has 2 aromatic heterocycles. The molecule has 4 rings (SSSR count). The molecule has 0 radical (unpaired) electrons. The molecule has 1 fully saturated rings. The van der Waals surface area contributed by atoms with E-state index < -0.39 is 0 Å². The first-order chi connectivity index (χ1) is 12.8. The monoisotopic (exact) mass is 349 g/mol. The average molecular weight is 349 g/mol. The van der Waals surface area contributed by atoms with Gasteiger partial charge in [0.25, 0.3) is 5.91 Å². The quantitative estimate of drug-likeness (QED) is 0.723. The second kappa shape index (κ2) is 7.35. The second-order valence-corrected chi connectivity index (χ2v) is 6.16. The number of hydrogen-bond donors (Lipinski definition) is 0. The van der Waals surface area contributed by atoms with Crippen molar-refractivity contribution in [3.8, 4) is 11.7 Å². The van der Waals surface area contributed by atoms with E-state index in [0.29, 0.717) is 24.8 Å². The summed E-state index contributed by atoms with van der Waals surface area (Å²) in [5.41, 5.74) is 0.729. The third-order valence-corrected chi connectivity index (χ3v) is 4.40. The summed E-state index contributed by atoms with van der Waals surface area (Å²) < 4.78 is 7.56. The number of carbonyl (C=O) groups is 1. The molecule has 132 valence electrons. The molecule has 3 heterocycles. The molecule has 0 bridgehead atoms. The Kier molecular flexibility index (Phi) is 4.59. The van der Waals surface area contributed by atoms with Crippen molar-refractivity contribution in [2.75, 3.05) is 13.1 Å². The minimum absolute atomic E-state index is 0.0414. The lowest BCUT2D eigenvalue weighted by atomic mass is 10.1. The van der Waals surface area contributed by atoms with E-state index >= 15 is 0 Å². The van der Waals surface area contributed by atoms with Crippen LogP contribution in [0.25, 0.3) is 5.82 Å². The summed E-state index contributed by atoms with van der Waals surface area (Å²) in [6, 6.07) is 14.8. The third-order valence-electron chi connectivity index (χ3n) is 4.40. The van der Waals surface area contributed by atoms with Gasteiger partial charge >= 0.3 is 0 Å². The fourth-order valence-corrected chi connectivity index (χ4v) is 3.01. The smallest absolute Gasteiger partial charge is 0.253 e. The summed E-state index contributed by atoms with van der Waals surface area (Å²) in [4.78, 5) is 14.3. The van der Waals surface area contributed by atoms with E-state index in [2.05, 4.69) is 15.3 Å². The molecule has 1 aliphatic heterocycles. The molecule has 0 N–H and O–H groups in total. The number of rotatable bonds is 4. The number of amides is 1. The van der Waals surface area contributed by atoms with Crippen molar-refractivity contribution < 1.29 is 9.53 Å². The zero-order valence-electron chi connectivity index (χ0n) is 14.2. The zero-order valence-corrected chi connectivity index (χ0v) is 14.2. The summed E-state index contributed by atoms with van der Waals surface area (Å²) in [6.45, 7) is 1.36. The Balaban J connectivity index is 1.32. The van der Waals surface area contributed by atoms with Gasteiger partial charge in [0.1, 0.15) is 6.10 Å². The molecule has 3 aromatic rings. The number of likely N-dealkylation sites (tertiary alicyclic amines) is 1. The molecule has 1 aromatic carbocycles. The van der Waals surface area contributed by atoms with Gasteiger partial charge < -0.3 is 9.64 Å². The van der Waals surface area contributed by atoms with Crippen LogP contribution in [0.2, 0.25) is 0 Å². The molecule has 7 heteroatoms. The predicted octanol–water partition coefficient (Wildman–Crippen LogP) is 2.35. The van der Waals surface area contributed by atoms with Crippen LogP contribution in [0.15, 0.2) is 60.9 Å². The topological polar surface area (TPSA) is 73.1 Å². The Morgan fingerprint density at radius 1 is 1.00 bits per heavy atom. The first-order valence-corrected chi connectivity index (χ1v) is 8.64. The van der Waals surface area contributed by atoms with Crippen LogP contribution < -0.4 is 4.74 Å². The molecule has 1 saturated heterocycles. The number of carbonyl (C=O) groups excluding carboxylic acids is 1. The molecule has 0 spiro atoms. The lowest BCUT2D eigenvalue weighted by Crippen LogP contribution is -2.41. The van der Waals surface area contributed by atoms with E-state index in [1.165, 1.54) is 0 Å². The molecular formula is C19H19N5O2. The van der Waals surface area contributed by atoms with E-state index in [4.69, 9.17) is 4.74 Å². The molecule has 0 aliphatic carbocycles. The highest BCUT2D eigenvalue weighted by atomic mass is 16.5. The Hall–Kier alpha value is -3.22. The fraction of sp³-hybridized carbons (Fsp3) is 0.263. The van der Waals surface area contributed by atoms with Crippen LogP contribution >= 0.6 is 0 Å². The van der Waals surface area contributed by atoms with E-state index in [-0.39, 0.29) is 12.0 Å². The summed E-state index contributed by atoms with van der Waals surface area (Å²) in [5, 5.41) is 12.4. The van der Waals surface area contributed by atoms with Gasteiger partial charge in [-0.05, 0) is 24.3 Å². The van der Waals surface area contributed by atoms with Gasteiger partial charge in [0.15, 0.2) is 5.82 Å². The van der Waals surface area contributed by atoms with Crippen LogP contribution in [-0.4, -0.2) is 50.0 Å². The van der Waals surface area contributed by atoms with Crippen molar-refractivity contribution in [2.45, 2.75) is 18.9 Å². The molecular weight excluding hydrogens is 330 g/mol. The first-order valence-electron chi connectivity index (χ1n) is 8.64. The van der Waals surface area contributed by atoms with Crippen LogP contribution in [0.1, 0.15) is 23.2 Å². The van der Waals surface area contributed by atoms with Crippen molar-refractivity contribution in [1.29, 1.82) is 0 Å². The molecule has 0 unspecified atom stereocenters. The fourth-order valence-electron chi connectivity index (χ4n) is 3.01. The summed E-state index contributed by atoms with van der Waals surface area (Å²) >= 11 is 0. The van der Waals surface area contributed by atoms with Crippen molar-refractivity contribution in [2.24, 2.45) is 0 Å². The summed E-state index contributed by atoms with van der Waals surface area (Å²) in [7, 11) is 0. The Morgan fingerprint density at radius 3 is 2.46 bits per heavy atom. The highest BCUT2D eigenvalue weighted by molar-refractivity contribution is 5.94. The van der Waals surface area contributed by atoms with E-state index in [0.717, 1.165) is 18.4 Å². The van der Waals surface area contributed by atoms with E-state index in [1.807, 2.05) is 53.6 Å². The number of aromatic nitrogens is 4. The average Bonchev–Trinajstić information content (AvgIpc) is 3.24. The van der Waals surface area contributed by atoms with Crippen LogP contribution in [0.5, 0.6) is 5.88 Å². The van der Waals surface area contributed by atoms with Crippen LogP contribution in [-0.2, 0) is 0 Å². The SMILES string of the molecule is O=C(c1ccccc1)N1CCC(Oc2ccc(-n3cccn3)nn2)CC1. The summed E-state index contributed by atoms with van der Waals surface area (Å²) in [6.07, 6.45) is 5.10. The van der Waals surface area contributed by atoms with Crippen LogP contribution in [0, 0.1) is 0 Å². The van der Waals surface area contributed by atoms with Crippen LogP contribution in [0.3, 0.4) is 0 Å². The number of piperidine rings is 1. The maximum Gasteiger partial charge on any atom is 0.253 e. The van der Waals surface area contributed by atoms with Gasteiger partial charge in [-0.3, -0.25) is 4.79 Å². The lowest BCUT2D eigenvalue weighted by molar-refractivity contribution is 0.0586. The molecule has 1 amide bonds. The predicted molar refractivity (Wildman–Crippen MR) is 95.1 cm³/mol. The highest BCUT2D eigenvalue weighted by Crippen LogP contribution is 2.19. The molecule has 7 nitrogen and oxygen atoms in total. The zero-order chi connectivity index (χ0) is 17.8.